The number of ether oxygens (including phenoxy) is 1. The van der Waals surface area contributed by atoms with Gasteiger partial charge in [-0.3, -0.25) is 4.79 Å². The first-order valence-corrected chi connectivity index (χ1v) is 4.80. The summed E-state index contributed by atoms with van der Waals surface area (Å²) in [5, 5.41) is 27.8. The second-order valence-electron chi connectivity index (χ2n) is 3.87. The van der Waals surface area contributed by atoms with E-state index in [1.54, 1.807) is 14.1 Å². The van der Waals surface area contributed by atoms with E-state index in [0.717, 1.165) is 0 Å². The Kier molecular flexibility index (Phi) is 4.04. The van der Waals surface area contributed by atoms with Gasteiger partial charge in [0.25, 0.3) is 0 Å². The molecule has 0 unspecified atom stereocenters. The first-order chi connectivity index (χ1) is 6.97. The summed E-state index contributed by atoms with van der Waals surface area (Å²) in [6.07, 6.45) is -3.80. The van der Waals surface area contributed by atoms with Crippen LogP contribution in [0.25, 0.3) is 0 Å². The Bertz CT molecular complexity index is 233. The zero-order chi connectivity index (χ0) is 11.6. The van der Waals surface area contributed by atoms with Crippen molar-refractivity contribution in [1.29, 1.82) is 0 Å². The predicted octanol–water partition coefficient (Wildman–Crippen LogP) is -2.05. The number of aliphatic hydroxyl groups is 3. The average molecular weight is 219 g/mol. The lowest BCUT2D eigenvalue weighted by Gasteiger charge is -2.16. The standard InChI is InChI=1S/C9H17NO5/c1-10(2)7(12)3-5-8(13)9(14)6(4-11)15-5/h5-6,8-9,11,13-14H,3-4H2,1-2H3/t5-,6+,8+,9+/m0/s1. The van der Waals surface area contributed by atoms with E-state index in [1.165, 1.54) is 4.90 Å². The summed E-state index contributed by atoms with van der Waals surface area (Å²) in [4.78, 5) is 12.7. The van der Waals surface area contributed by atoms with E-state index >= 15 is 0 Å². The van der Waals surface area contributed by atoms with Crippen LogP contribution in [0.15, 0.2) is 0 Å². The summed E-state index contributed by atoms with van der Waals surface area (Å²) in [5.41, 5.74) is 0. The smallest absolute Gasteiger partial charge is 0.224 e. The molecule has 15 heavy (non-hydrogen) atoms. The van der Waals surface area contributed by atoms with Crippen LogP contribution in [0.2, 0.25) is 0 Å². The second kappa shape index (κ2) is 4.89. The van der Waals surface area contributed by atoms with Gasteiger partial charge >= 0.3 is 0 Å². The Balaban J connectivity index is 2.54. The largest absolute Gasteiger partial charge is 0.394 e. The first-order valence-electron chi connectivity index (χ1n) is 4.80. The Morgan fingerprint density at radius 3 is 2.20 bits per heavy atom. The zero-order valence-electron chi connectivity index (χ0n) is 8.83. The third-order valence-corrected chi connectivity index (χ3v) is 2.52. The van der Waals surface area contributed by atoms with Crippen molar-refractivity contribution in [3.05, 3.63) is 0 Å². The van der Waals surface area contributed by atoms with Crippen LogP contribution in [0.1, 0.15) is 6.42 Å². The highest BCUT2D eigenvalue weighted by molar-refractivity contribution is 5.76. The lowest BCUT2D eigenvalue weighted by Crippen LogP contribution is -2.36. The summed E-state index contributed by atoms with van der Waals surface area (Å²) in [6.45, 7) is -0.370. The summed E-state index contributed by atoms with van der Waals surface area (Å²) in [6, 6.07) is 0. The molecule has 1 aliphatic rings. The van der Waals surface area contributed by atoms with Gasteiger partial charge in [-0.05, 0) is 0 Å². The molecule has 1 fully saturated rings. The SMILES string of the molecule is CN(C)C(=O)C[C@@H]1O[C@H](CO)[C@@H](O)[C@@H]1O. The van der Waals surface area contributed by atoms with Crippen molar-refractivity contribution in [3.63, 3.8) is 0 Å². The van der Waals surface area contributed by atoms with E-state index in [4.69, 9.17) is 9.84 Å². The molecule has 1 aliphatic heterocycles. The van der Waals surface area contributed by atoms with Crippen LogP contribution < -0.4 is 0 Å². The number of aliphatic hydroxyl groups excluding tert-OH is 3. The van der Waals surface area contributed by atoms with Gasteiger partial charge in [-0.15, -0.1) is 0 Å². The lowest BCUT2D eigenvalue weighted by molar-refractivity contribution is -0.133. The summed E-state index contributed by atoms with van der Waals surface area (Å²) < 4.78 is 5.16. The Morgan fingerprint density at radius 1 is 1.27 bits per heavy atom. The molecule has 88 valence electrons. The van der Waals surface area contributed by atoms with Crippen LogP contribution in [0, 0.1) is 0 Å². The highest BCUT2D eigenvalue weighted by Crippen LogP contribution is 2.23. The molecule has 0 aromatic carbocycles. The van der Waals surface area contributed by atoms with E-state index in [-0.39, 0.29) is 18.9 Å². The van der Waals surface area contributed by atoms with E-state index in [0.29, 0.717) is 0 Å². The van der Waals surface area contributed by atoms with Gasteiger partial charge < -0.3 is 25.0 Å². The molecular weight excluding hydrogens is 202 g/mol. The van der Waals surface area contributed by atoms with E-state index in [9.17, 15) is 15.0 Å². The molecule has 3 N–H and O–H groups in total. The number of nitrogens with zero attached hydrogens (tertiary/aromatic N) is 1. The molecule has 0 bridgehead atoms. The van der Waals surface area contributed by atoms with Crippen LogP contribution in [-0.2, 0) is 9.53 Å². The maximum absolute atomic E-state index is 11.3. The topological polar surface area (TPSA) is 90.2 Å². The van der Waals surface area contributed by atoms with Crippen LogP contribution >= 0.6 is 0 Å². The third kappa shape index (κ3) is 2.66. The molecular formula is C9H17NO5. The van der Waals surface area contributed by atoms with Crippen LogP contribution in [0.3, 0.4) is 0 Å². The molecule has 1 saturated heterocycles. The van der Waals surface area contributed by atoms with Gasteiger partial charge in [0.2, 0.25) is 5.91 Å². The minimum atomic E-state index is -1.13. The van der Waals surface area contributed by atoms with Crippen molar-refractivity contribution >= 4 is 5.91 Å². The quantitative estimate of drug-likeness (QED) is 0.508. The fourth-order valence-corrected chi connectivity index (χ4v) is 1.50. The fraction of sp³-hybridized carbons (Fsp3) is 0.889. The Labute approximate surface area is 88.1 Å². The van der Waals surface area contributed by atoms with E-state index in [1.807, 2.05) is 0 Å². The average Bonchev–Trinajstić information content (AvgIpc) is 2.45. The minimum absolute atomic E-state index is 0.00171. The molecule has 6 heteroatoms. The van der Waals surface area contributed by atoms with Gasteiger partial charge in [0.15, 0.2) is 0 Å². The monoisotopic (exact) mass is 219 g/mol. The molecule has 0 saturated carbocycles. The van der Waals surface area contributed by atoms with Crippen molar-refractivity contribution in [3.8, 4) is 0 Å². The Morgan fingerprint density at radius 2 is 1.80 bits per heavy atom. The van der Waals surface area contributed by atoms with E-state index < -0.39 is 24.4 Å². The number of rotatable bonds is 3. The molecule has 4 atom stereocenters. The summed E-state index contributed by atoms with van der Waals surface area (Å²) >= 11 is 0. The lowest BCUT2D eigenvalue weighted by atomic mass is 10.1. The van der Waals surface area contributed by atoms with Crippen LogP contribution in [0.4, 0.5) is 0 Å². The molecule has 1 amide bonds. The van der Waals surface area contributed by atoms with Gasteiger partial charge in [0.05, 0.1) is 19.1 Å². The molecule has 0 aromatic heterocycles. The van der Waals surface area contributed by atoms with Gasteiger partial charge in [-0.2, -0.15) is 0 Å². The number of amides is 1. The molecule has 6 nitrogen and oxygen atoms in total. The summed E-state index contributed by atoms with van der Waals surface area (Å²) in [7, 11) is 3.20. The van der Waals surface area contributed by atoms with Gasteiger partial charge in [-0.1, -0.05) is 0 Å². The third-order valence-electron chi connectivity index (χ3n) is 2.52. The van der Waals surface area contributed by atoms with Crippen molar-refractivity contribution in [2.75, 3.05) is 20.7 Å². The van der Waals surface area contributed by atoms with Gasteiger partial charge in [0, 0.05) is 14.1 Å². The van der Waals surface area contributed by atoms with Gasteiger partial charge in [0.1, 0.15) is 18.3 Å². The van der Waals surface area contributed by atoms with Crippen molar-refractivity contribution < 1.29 is 24.9 Å². The van der Waals surface area contributed by atoms with Gasteiger partial charge in [-0.25, -0.2) is 0 Å². The van der Waals surface area contributed by atoms with Crippen molar-refractivity contribution in [2.24, 2.45) is 0 Å². The van der Waals surface area contributed by atoms with Crippen LogP contribution in [0.5, 0.6) is 0 Å². The molecule has 1 heterocycles. The van der Waals surface area contributed by atoms with E-state index in [2.05, 4.69) is 0 Å². The predicted molar refractivity (Wildman–Crippen MR) is 51.1 cm³/mol. The van der Waals surface area contributed by atoms with Crippen molar-refractivity contribution in [1.82, 2.24) is 4.90 Å². The number of carbonyl (C=O) groups is 1. The molecule has 0 spiro atoms. The number of hydrogen-bond acceptors (Lipinski definition) is 5. The molecule has 0 aliphatic carbocycles. The maximum atomic E-state index is 11.3. The molecule has 1 rings (SSSR count). The fourth-order valence-electron chi connectivity index (χ4n) is 1.50. The maximum Gasteiger partial charge on any atom is 0.224 e. The Hall–Kier alpha value is -0.690. The number of hydrogen-bond donors (Lipinski definition) is 3. The van der Waals surface area contributed by atoms with Crippen LogP contribution in [-0.4, -0.2) is 71.2 Å². The zero-order valence-corrected chi connectivity index (χ0v) is 8.83. The summed E-state index contributed by atoms with van der Waals surface area (Å²) in [5.74, 6) is -0.190. The van der Waals surface area contributed by atoms with Crippen molar-refractivity contribution in [2.45, 2.75) is 30.8 Å². The minimum Gasteiger partial charge on any atom is -0.394 e. The normalized spacial score (nSPS) is 35.5. The highest BCUT2D eigenvalue weighted by Gasteiger charge is 2.43. The number of carbonyl (C=O) groups excluding carboxylic acids is 1. The first kappa shape index (κ1) is 12.4. The highest BCUT2D eigenvalue weighted by atomic mass is 16.6. The molecule has 0 radical (unpaired) electrons. The molecule has 0 aromatic rings. The second-order valence-corrected chi connectivity index (χ2v) is 3.87.